The average molecular weight is 274 g/mol. The highest BCUT2D eigenvalue weighted by atomic mass is 31.1. The van der Waals surface area contributed by atoms with E-state index in [1.54, 1.807) is 24.3 Å². The molecule has 4 heteroatoms. The monoisotopic (exact) mass is 274 g/mol. The van der Waals surface area contributed by atoms with Gasteiger partial charge >= 0.3 is 8.69 Å². The van der Waals surface area contributed by atoms with Crippen molar-refractivity contribution in [2.45, 2.75) is 19.3 Å². The van der Waals surface area contributed by atoms with E-state index in [1.165, 1.54) is 0 Å². The summed E-state index contributed by atoms with van der Waals surface area (Å²) in [6.45, 7) is 4.22. The van der Waals surface area contributed by atoms with E-state index in [0.717, 1.165) is 11.1 Å². The van der Waals surface area contributed by atoms with Crippen molar-refractivity contribution >= 4 is 8.69 Å². The molecule has 2 aromatic rings. The van der Waals surface area contributed by atoms with Gasteiger partial charge in [-0.25, -0.2) is 4.57 Å². The first-order chi connectivity index (χ1) is 9.04. The lowest BCUT2D eigenvalue weighted by Gasteiger charge is -2.26. The largest absolute Gasteiger partial charge is 0.508 e. The molecule has 0 aliphatic heterocycles. The number of benzene rings is 2. The molecule has 0 radical (unpaired) electrons. The van der Waals surface area contributed by atoms with Gasteiger partial charge < -0.3 is 9.63 Å². The normalized spacial score (nSPS) is 11.5. The van der Waals surface area contributed by atoms with Crippen LogP contribution in [0, 0.1) is 0 Å². The van der Waals surface area contributed by atoms with E-state index in [0.29, 0.717) is 5.75 Å². The van der Waals surface area contributed by atoms with Crippen LogP contribution in [0.3, 0.4) is 0 Å². The SMILES string of the molecule is CC(C)(c1ccc(O)cc1)c1ccc(OP=O)cc1. The van der Waals surface area contributed by atoms with E-state index in [-0.39, 0.29) is 19.9 Å². The Hall–Kier alpha value is -1.86. The zero-order valence-corrected chi connectivity index (χ0v) is 11.7. The fourth-order valence-corrected chi connectivity index (χ4v) is 2.23. The predicted octanol–water partition coefficient (Wildman–Crippen LogP) is 4.30. The number of hydrogen-bond acceptors (Lipinski definition) is 3. The van der Waals surface area contributed by atoms with Gasteiger partial charge in [-0.05, 0) is 35.4 Å². The summed E-state index contributed by atoms with van der Waals surface area (Å²) in [4.78, 5) is 0. The number of rotatable bonds is 4. The van der Waals surface area contributed by atoms with Gasteiger partial charge in [0.25, 0.3) is 0 Å². The van der Waals surface area contributed by atoms with Gasteiger partial charge in [-0.1, -0.05) is 38.1 Å². The van der Waals surface area contributed by atoms with Crippen molar-refractivity contribution in [3.63, 3.8) is 0 Å². The Kier molecular flexibility index (Phi) is 3.87. The molecular formula is C15H15O3P. The van der Waals surface area contributed by atoms with Gasteiger partial charge in [0.05, 0.1) is 0 Å². The molecule has 0 spiro atoms. The number of hydrogen-bond donors (Lipinski definition) is 1. The number of phenolic OH excluding ortho intramolecular Hbond substituents is 1. The Morgan fingerprint density at radius 1 is 0.947 bits per heavy atom. The number of aromatic hydroxyl groups is 1. The zero-order valence-electron chi connectivity index (χ0n) is 10.8. The van der Waals surface area contributed by atoms with Crippen molar-refractivity contribution in [1.29, 1.82) is 0 Å². The highest BCUT2D eigenvalue weighted by Gasteiger charge is 2.22. The van der Waals surface area contributed by atoms with Gasteiger partial charge in [-0.15, -0.1) is 0 Å². The molecule has 0 saturated carbocycles. The van der Waals surface area contributed by atoms with Gasteiger partial charge in [0.1, 0.15) is 11.5 Å². The van der Waals surface area contributed by atoms with Crippen LogP contribution in [0.1, 0.15) is 25.0 Å². The summed E-state index contributed by atoms with van der Waals surface area (Å²) in [6, 6.07) is 14.7. The van der Waals surface area contributed by atoms with Crippen molar-refractivity contribution < 1.29 is 14.2 Å². The predicted molar refractivity (Wildman–Crippen MR) is 74.9 cm³/mol. The fourth-order valence-electron chi connectivity index (χ4n) is 2.02. The molecule has 2 aromatic carbocycles. The lowest BCUT2D eigenvalue weighted by Crippen LogP contribution is -2.18. The van der Waals surface area contributed by atoms with Crippen LogP contribution in [0.15, 0.2) is 48.5 Å². The summed E-state index contributed by atoms with van der Waals surface area (Å²) in [5.41, 5.74) is 2.05. The van der Waals surface area contributed by atoms with Crippen molar-refractivity contribution in [1.82, 2.24) is 0 Å². The standard InChI is InChI=1S/C15H15O3P/c1-15(2,11-3-7-13(16)8-4-11)12-5-9-14(10-6-12)18-19-17/h3-10,16H,1-2H3. The molecule has 2 rings (SSSR count). The molecule has 1 N–H and O–H groups in total. The summed E-state index contributed by atoms with van der Waals surface area (Å²) < 4.78 is 15.2. The molecule has 3 nitrogen and oxygen atoms in total. The van der Waals surface area contributed by atoms with Gasteiger partial charge in [0.15, 0.2) is 0 Å². The fraction of sp³-hybridized carbons (Fsp3) is 0.200. The quantitative estimate of drug-likeness (QED) is 0.845. The highest BCUT2D eigenvalue weighted by molar-refractivity contribution is 7.17. The molecule has 0 heterocycles. The Morgan fingerprint density at radius 2 is 1.42 bits per heavy atom. The van der Waals surface area contributed by atoms with E-state index in [9.17, 15) is 9.67 Å². The Bertz CT molecular complexity index is 559. The molecule has 98 valence electrons. The molecule has 0 fully saturated rings. The molecule has 0 saturated heterocycles. The number of phenols is 1. The van der Waals surface area contributed by atoms with E-state index >= 15 is 0 Å². The summed E-state index contributed by atoms with van der Waals surface area (Å²) in [7, 11) is -0.350. The first kappa shape index (κ1) is 13.6. The minimum Gasteiger partial charge on any atom is -0.508 e. The van der Waals surface area contributed by atoms with Gasteiger partial charge in [-0.2, -0.15) is 0 Å². The molecule has 0 amide bonds. The third kappa shape index (κ3) is 2.94. The Balaban J connectivity index is 2.32. The molecule has 0 unspecified atom stereocenters. The first-order valence-corrected chi connectivity index (χ1v) is 6.67. The minimum atomic E-state index is -0.350. The molecular weight excluding hydrogens is 259 g/mol. The maximum absolute atomic E-state index is 10.4. The van der Waals surface area contributed by atoms with Crippen LogP contribution >= 0.6 is 8.69 Å². The summed E-state index contributed by atoms with van der Waals surface area (Å²) in [6.07, 6.45) is 0. The molecule has 0 aliphatic carbocycles. The van der Waals surface area contributed by atoms with E-state index in [1.807, 2.05) is 24.3 Å². The Labute approximate surface area is 114 Å². The smallest absolute Gasteiger partial charge is 0.395 e. The van der Waals surface area contributed by atoms with Gasteiger partial charge in [-0.3, -0.25) is 0 Å². The third-order valence-corrected chi connectivity index (χ3v) is 3.59. The lowest BCUT2D eigenvalue weighted by molar-refractivity contribution is 0.474. The van der Waals surface area contributed by atoms with Crippen molar-refractivity contribution in [2.75, 3.05) is 0 Å². The maximum Gasteiger partial charge on any atom is 0.395 e. The van der Waals surface area contributed by atoms with E-state index < -0.39 is 0 Å². The second-order valence-electron chi connectivity index (χ2n) is 4.86. The van der Waals surface area contributed by atoms with E-state index in [4.69, 9.17) is 4.52 Å². The molecule has 0 aromatic heterocycles. The molecule has 0 bridgehead atoms. The van der Waals surface area contributed by atoms with Crippen LogP contribution in [0.25, 0.3) is 0 Å². The second kappa shape index (κ2) is 5.41. The van der Waals surface area contributed by atoms with Crippen LogP contribution < -0.4 is 4.52 Å². The van der Waals surface area contributed by atoms with Crippen molar-refractivity contribution in [3.05, 3.63) is 59.7 Å². The van der Waals surface area contributed by atoms with Crippen molar-refractivity contribution in [2.24, 2.45) is 0 Å². The third-order valence-electron chi connectivity index (χ3n) is 3.31. The molecule has 0 aliphatic rings. The summed E-state index contributed by atoms with van der Waals surface area (Å²) in [5, 5.41) is 9.34. The highest BCUT2D eigenvalue weighted by Crippen LogP contribution is 2.33. The Morgan fingerprint density at radius 3 is 1.89 bits per heavy atom. The lowest BCUT2D eigenvalue weighted by atomic mass is 9.78. The van der Waals surface area contributed by atoms with Crippen LogP contribution in [0.4, 0.5) is 0 Å². The van der Waals surface area contributed by atoms with Crippen LogP contribution in [0.2, 0.25) is 0 Å². The first-order valence-electron chi connectivity index (χ1n) is 5.94. The molecule has 19 heavy (non-hydrogen) atoms. The maximum atomic E-state index is 10.4. The average Bonchev–Trinajstić information content (AvgIpc) is 2.40. The van der Waals surface area contributed by atoms with Gasteiger partial charge in [0.2, 0.25) is 0 Å². The van der Waals surface area contributed by atoms with Crippen LogP contribution in [-0.4, -0.2) is 5.11 Å². The van der Waals surface area contributed by atoms with E-state index in [2.05, 4.69) is 13.8 Å². The van der Waals surface area contributed by atoms with Crippen LogP contribution in [-0.2, 0) is 9.98 Å². The second-order valence-corrected chi connectivity index (χ2v) is 5.19. The topological polar surface area (TPSA) is 46.5 Å². The van der Waals surface area contributed by atoms with Crippen LogP contribution in [0.5, 0.6) is 11.5 Å². The zero-order chi connectivity index (χ0) is 13.9. The minimum absolute atomic E-state index is 0.179. The summed E-state index contributed by atoms with van der Waals surface area (Å²) in [5.74, 6) is 0.833. The summed E-state index contributed by atoms with van der Waals surface area (Å²) >= 11 is 0. The van der Waals surface area contributed by atoms with Gasteiger partial charge in [0, 0.05) is 5.41 Å². The van der Waals surface area contributed by atoms with Crippen molar-refractivity contribution in [3.8, 4) is 11.5 Å². The molecule has 0 atom stereocenters.